The first-order valence-electron chi connectivity index (χ1n) is 8.11. The van der Waals surface area contributed by atoms with Gasteiger partial charge in [0.2, 0.25) is 0 Å². The van der Waals surface area contributed by atoms with Crippen LogP contribution in [-0.2, 0) is 0 Å². The summed E-state index contributed by atoms with van der Waals surface area (Å²) in [5, 5.41) is 7.50. The zero-order valence-electron chi connectivity index (χ0n) is 13.7. The maximum Gasteiger partial charge on any atom is 0.0199 e. The van der Waals surface area contributed by atoms with Crippen LogP contribution in [0.5, 0.6) is 0 Å². The highest BCUT2D eigenvalue weighted by molar-refractivity contribution is 4.80. The van der Waals surface area contributed by atoms with Crippen molar-refractivity contribution in [3.05, 3.63) is 0 Å². The van der Waals surface area contributed by atoms with E-state index in [-0.39, 0.29) is 0 Å². The number of likely N-dealkylation sites (N-methyl/N-ethyl adjacent to an activating group) is 1. The van der Waals surface area contributed by atoms with Crippen LogP contribution in [0, 0.1) is 5.92 Å². The molecule has 1 aliphatic heterocycles. The summed E-state index contributed by atoms with van der Waals surface area (Å²) in [5.41, 5.74) is 0. The van der Waals surface area contributed by atoms with Crippen LogP contribution in [0.4, 0.5) is 0 Å². The van der Waals surface area contributed by atoms with Crippen molar-refractivity contribution in [1.29, 1.82) is 0 Å². The summed E-state index contributed by atoms with van der Waals surface area (Å²) in [6.07, 6.45) is 6.64. The van der Waals surface area contributed by atoms with E-state index in [1.807, 2.05) is 0 Å². The minimum Gasteiger partial charge on any atom is -0.314 e. The fourth-order valence-electron chi connectivity index (χ4n) is 3.23. The third-order valence-electron chi connectivity index (χ3n) is 3.91. The van der Waals surface area contributed by atoms with E-state index in [9.17, 15) is 0 Å². The molecule has 2 N–H and O–H groups in total. The molecular weight excluding hydrogens is 234 g/mol. The van der Waals surface area contributed by atoms with Gasteiger partial charge in [-0.05, 0) is 59.2 Å². The predicted octanol–water partition coefficient (Wildman–Crippen LogP) is 2.47. The smallest absolute Gasteiger partial charge is 0.0199 e. The average Bonchev–Trinajstić information content (AvgIpc) is 2.27. The van der Waals surface area contributed by atoms with Crippen molar-refractivity contribution < 1.29 is 0 Å². The van der Waals surface area contributed by atoms with Gasteiger partial charge in [0.05, 0.1) is 0 Å². The molecule has 0 saturated carbocycles. The van der Waals surface area contributed by atoms with E-state index < -0.39 is 0 Å². The summed E-state index contributed by atoms with van der Waals surface area (Å²) in [6.45, 7) is 9.33. The lowest BCUT2D eigenvalue weighted by molar-refractivity contribution is 0.269. The first-order chi connectivity index (χ1) is 8.97. The second-order valence-electron chi connectivity index (χ2n) is 7.04. The Bertz CT molecular complexity index is 212. The Balaban J connectivity index is 2.33. The summed E-state index contributed by atoms with van der Waals surface area (Å²) in [6, 6.07) is 1.96. The zero-order valence-corrected chi connectivity index (χ0v) is 13.7. The molecule has 0 amide bonds. The van der Waals surface area contributed by atoms with Crippen LogP contribution in [-0.4, -0.2) is 50.2 Å². The second kappa shape index (κ2) is 8.93. The lowest BCUT2D eigenvalue weighted by Gasteiger charge is -2.31. The van der Waals surface area contributed by atoms with Crippen molar-refractivity contribution in [2.45, 2.75) is 71.0 Å². The third-order valence-corrected chi connectivity index (χ3v) is 3.91. The van der Waals surface area contributed by atoms with Gasteiger partial charge in [-0.1, -0.05) is 20.3 Å². The molecule has 1 fully saturated rings. The number of hydrogen-bond donors (Lipinski definition) is 2. The molecule has 1 heterocycles. The first kappa shape index (κ1) is 16.9. The van der Waals surface area contributed by atoms with E-state index in [2.05, 4.69) is 50.4 Å². The molecule has 3 atom stereocenters. The molecule has 1 aliphatic rings. The van der Waals surface area contributed by atoms with Crippen molar-refractivity contribution in [2.75, 3.05) is 27.2 Å². The third kappa shape index (κ3) is 7.91. The standard InChI is InChI=1S/C16H35N3/c1-13(2)10-16(12-19(4)5)18-14(3)11-15-8-6-7-9-17-15/h13-18H,6-12H2,1-5H3. The number of piperidine rings is 1. The maximum absolute atomic E-state index is 3.85. The molecule has 0 bridgehead atoms. The Hall–Kier alpha value is -0.120. The van der Waals surface area contributed by atoms with Gasteiger partial charge in [-0.25, -0.2) is 0 Å². The van der Waals surface area contributed by atoms with Gasteiger partial charge in [0.15, 0.2) is 0 Å². The highest BCUT2D eigenvalue weighted by Gasteiger charge is 2.19. The summed E-state index contributed by atoms with van der Waals surface area (Å²) in [5.74, 6) is 0.762. The van der Waals surface area contributed by atoms with E-state index in [4.69, 9.17) is 0 Å². The minimum absolute atomic E-state index is 0.610. The second-order valence-corrected chi connectivity index (χ2v) is 7.04. The summed E-state index contributed by atoms with van der Waals surface area (Å²) in [4.78, 5) is 2.30. The van der Waals surface area contributed by atoms with Crippen molar-refractivity contribution in [1.82, 2.24) is 15.5 Å². The first-order valence-corrected chi connectivity index (χ1v) is 8.11. The summed E-state index contributed by atoms with van der Waals surface area (Å²) >= 11 is 0. The van der Waals surface area contributed by atoms with E-state index in [1.165, 1.54) is 38.6 Å². The number of nitrogens with zero attached hydrogens (tertiary/aromatic N) is 1. The van der Waals surface area contributed by atoms with Gasteiger partial charge in [-0.2, -0.15) is 0 Å². The molecule has 3 nitrogen and oxygen atoms in total. The van der Waals surface area contributed by atoms with Gasteiger partial charge in [0, 0.05) is 24.7 Å². The Kier molecular flexibility index (Phi) is 7.96. The van der Waals surface area contributed by atoms with Crippen molar-refractivity contribution in [2.24, 2.45) is 5.92 Å². The van der Waals surface area contributed by atoms with Crippen LogP contribution in [0.1, 0.15) is 52.9 Å². The highest BCUT2D eigenvalue weighted by atomic mass is 15.1. The minimum atomic E-state index is 0.610. The topological polar surface area (TPSA) is 27.3 Å². The molecule has 0 aromatic rings. The lowest BCUT2D eigenvalue weighted by atomic mass is 9.97. The van der Waals surface area contributed by atoms with Crippen molar-refractivity contribution >= 4 is 0 Å². The molecular formula is C16H35N3. The largest absolute Gasteiger partial charge is 0.314 e. The quantitative estimate of drug-likeness (QED) is 0.709. The van der Waals surface area contributed by atoms with Gasteiger partial charge >= 0.3 is 0 Å². The molecule has 0 radical (unpaired) electrons. The molecule has 3 unspecified atom stereocenters. The van der Waals surface area contributed by atoms with E-state index in [1.54, 1.807) is 0 Å². The Morgan fingerprint density at radius 3 is 2.47 bits per heavy atom. The van der Waals surface area contributed by atoms with Crippen molar-refractivity contribution in [3.8, 4) is 0 Å². The molecule has 1 rings (SSSR count). The molecule has 114 valence electrons. The van der Waals surface area contributed by atoms with Crippen LogP contribution in [0.2, 0.25) is 0 Å². The van der Waals surface area contributed by atoms with E-state index in [0.29, 0.717) is 12.1 Å². The zero-order chi connectivity index (χ0) is 14.3. The van der Waals surface area contributed by atoms with Crippen molar-refractivity contribution in [3.63, 3.8) is 0 Å². The van der Waals surface area contributed by atoms with Gasteiger partial charge in [0.1, 0.15) is 0 Å². The Labute approximate surface area is 120 Å². The molecule has 0 aliphatic carbocycles. The molecule has 3 heteroatoms. The van der Waals surface area contributed by atoms with Crippen LogP contribution < -0.4 is 10.6 Å². The number of rotatable bonds is 8. The summed E-state index contributed by atoms with van der Waals surface area (Å²) in [7, 11) is 4.34. The normalized spacial score (nSPS) is 23.8. The Morgan fingerprint density at radius 1 is 1.21 bits per heavy atom. The molecule has 1 saturated heterocycles. The molecule has 0 aromatic carbocycles. The maximum atomic E-state index is 3.85. The van der Waals surface area contributed by atoms with E-state index in [0.717, 1.165) is 18.5 Å². The van der Waals surface area contributed by atoms with Crippen LogP contribution in [0.3, 0.4) is 0 Å². The average molecular weight is 269 g/mol. The molecule has 0 aromatic heterocycles. The van der Waals surface area contributed by atoms with E-state index >= 15 is 0 Å². The van der Waals surface area contributed by atoms with Crippen LogP contribution >= 0.6 is 0 Å². The van der Waals surface area contributed by atoms with Crippen LogP contribution in [0.25, 0.3) is 0 Å². The van der Waals surface area contributed by atoms with Gasteiger partial charge in [-0.15, -0.1) is 0 Å². The van der Waals surface area contributed by atoms with Gasteiger partial charge in [-0.3, -0.25) is 0 Å². The number of hydrogen-bond acceptors (Lipinski definition) is 3. The lowest BCUT2D eigenvalue weighted by Crippen LogP contribution is -2.46. The van der Waals surface area contributed by atoms with Crippen LogP contribution in [0.15, 0.2) is 0 Å². The fourth-order valence-corrected chi connectivity index (χ4v) is 3.23. The van der Waals surface area contributed by atoms with Gasteiger partial charge in [0.25, 0.3) is 0 Å². The predicted molar refractivity (Wildman–Crippen MR) is 84.7 cm³/mol. The number of nitrogens with one attached hydrogen (secondary N) is 2. The monoisotopic (exact) mass is 269 g/mol. The molecule has 19 heavy (non-hydrogen) atoms. The Morgan fingerprint density at radius 2 is 1.95 bits per heavy atom. The molecule has 0 spiro atoms. The highest BCUT2D eigenvalue weighted by Crippen LogP contribution is 2.13. The SMILES string of the molecule is CC(C)CC(CN(C)C)NC(C)CC1CCCCN1. The van der Waals surface area contributed by atoms with Gasteiger partial charge < -0.3 is 15.5 Å². The fraction of sp³-hybridized carbons (Fsp3) is 1.00. The summed E-state index contributed by atoms with van der Waals surface area (Å²) < 4.78 is 0.